The molecule has 0 aromatic carbocycles. The maximum atomic E-state index is 11.8. The number of carbonyl (C=O) groups excluding carboxylic acids is 2. The van der Waals surface area contributed by atoms with E-state index in [1.165, 1.54) is 11.3 Å². The zero-order chi connectivity index (χ0) is 12.4. The molecular formula is C10H13N3O3S. The van der Waals surface area contributed by atoms with Crippen LogP contribution >= 0.6 is 11.3 Å². The molecule has 0 aliphatic carbocycles. The van der Waals surface area contributed by atoms with Gasteiger partial charge in [-0.25, -0.2) is 0 Å². The molecule has 0 radical (unpaired) electrons. The van der Waals surface area contributed by atoms with E-state index in [1.807, 2.05) is 0 Å². The number of hydrogen-bond acceptors (Lipinski definition) is 5. The van der Waals surface area contributed by atoms with Gasteiger partial charge in [0, 0.05) is 6.54 Å². The molecule has 1 aliphatic heterocycles. The van der Waals surface area contributed by atoms with Crippen LogP contribution in [0.5, 0.6) is 0 Å². The van der Waals surface area contributed by atoms with E-state index in [-0.39, 0.29) is 5.91 Å². The van der Waals surface area contributed by atoms with Crippen molar-refractivity contribution in [3.8, 4) is 0 Å². The highest BCUT2D eigenvalue weighted by atomic mass is 32.1. The Morgan fingerprint density at radius 2 is 2.35 bits per heavy atom. The van der Waals surface area contributed by atoms with Gasteiger partial charge in [0.25, 0.3) is 5.91 Å². The van der Waals surface area contributed by atoms with Gasteiger partial charge in [-0.15, -0.1) is 11.3 Å². The molecule has 2 rings (SSSR count). The van der Waals surface area contributed by atoms with E-state index >= 15 is 0 Å². The first kappa shape index (κ1) is 12.0. The summed E-state index contributed by atoms with van der Waals surface area (Å²) in [5.74, 6) is -0.826. The Bertz CT molecular complexity index is 446. The van der Waals surface area contributed by atoms with Gasteiger partial charge < -0.3 is 21.5 Å². The molecule has 2 unspecified atom stereocenters. The highest BCUT2D eigenvalue weighted by Crippen LogP contribution is 2.23. The van der Waals surface area contributed by atoms with Crippen molar-refractivity contribution in [1.29, 1.82) is 0 Å². The standard InChI is InChI=1S/C10H13N3O3S/c11-8(15)6-1-2-17-10(6)13-9(16)7-3-5(14)4-12-7/h1-2,5,7,12,14H,3-4H2,(H2,11,15)(H,13,16). The average molecular weight is 255 g/mol. The van der Waals surface area contributed by atoms with Crippen LogP contribution in [0.2, 0.25) is 0 Å². The van der Waals surface area contributed by atoms with Crippen molar-refractivity contribution in [3.63, 3.8) is 0 Å². The summed E-state index contributed by atoms with van der Waals surface area (Å²) >= 11 is 1.24. The van der Waals surface area contributed by atoms with Crippen LogP contribution in [0, 0.1) is 0 Å². The van der Waals surface area contributed by atoms with Crippen LogP contribution in [0.4, 0.5) is 5.00 Å². The average Bonchev–Trinajstić information content (AvgIpc) is 2.86. The lowest BCUT2D eigenvalue weighted by Gasteiger charge is -2.10. The molecule has 2 heterocycles. The molecule has 0 spiro atoms. The number of β-amino-alcohol motifs (C(OH)–C–C–N with tert-alkyl or cyclic N) is 1. The first-order valence-corrected chi connectivity index (χ1v) is 6.05. The van der Waals surface area contributed by atoms with Crippen LogP contribution in [-0.2, 0) is 4.79 Å². The van der Waals surface area contributed by atoms with E-state index in [2.05, 4.69) is 10.6 Å². The van der Waals surface area contributed by atoms with Gasteiger partial charge in [0.1, 0.15) is 5.00 Å². The summed E-state index contributed by atoms with van der Waals surface area (Å²) in [4.78, 5) is 22.9. The van der Waals surface area contributed by atoms with E-state index in [4.69, 9.17) is 5.73 Å². The van der Waals surface area contributed by atoms with Gasteiger partial charge in [-0.1, -0.05) is 0 Å². The number of nitrogens with one attached hydrogen (secondary N) is 2. The predicted molar refractivity (Wildman–Crippen MR) is 63.9 cm³/mol. The summed E-state index contributed by atoms with van der Waals surface area (Å²) in [6, 6.07) is 1.15. The van der Waals surface area contributed by atoms with Gasteiger partial charge in [-0.05, 0) is 17.9 Å². The summed E-state index contributed by atoms with van der Waals surface area (Å²) in [5, 5.41) is 17.0. The minimum atomic E-state index is -0.569. The van der Waals surface area contributed by atoms with Crippen molar-refractivity contribution in [2.24, 2.45) is 5.73 Å². The number of anilines is 1. The fourth-order valence-corrected chi connectivity index (χ4v) is 2.51. The second kappa shape index (κ2) is 4.82. The van der Waals surface area contributed by atoms with Crippen molar-refractivity contribution in [2.75, 3.05) is 11.9 Å². The molecule has 92 valence electrons. The summed E-state index contributed by atoms with van der Waals surface area (Å²) in [5.41, 5.74) is 5.48. The molecule has 1 aromatic rings. The Morgan fingerprint density at radius 1 is 1.59 bits per heavy atom. The van der Waals surface area contributed by atoms with Gasteiger partial charge in [-0.3, -0.25) is 9.59 Å². The summed E-state index contributed by atoms with van der Waals surface area (Å²) in [6.45, 7) is 0.408. The molecule has 1 aromatic heterocycles. The molecule has 2 amide bonds. The zero-order valence-electron chi connectivity index (χ0n) is 8.97. The first-order valence-electron chi connectivity index (χ1n) is 5.17. The van der Waals surface area contributed by atoms with Crippen LogP contribution in [0.25, 0.3) is 0 Å². The molecule has 1 aliphatic rings. The predicted octanol–water partition coefficient (Wildman–Crippen LogP) is -0.492. The van der Waals surface area contributed by atoms with Gasteiger partial charge in [-0.2, -0.15) is 0 Å². The maximum absolute atomic E-state index is 11.8. The number of thiophene rings is 1. The number of primary amides is 1. The second-order valence-electron chi connectivity index (χ2n) is 3.87. The summed E-state index contributed by atoms with van der Waals surface area (Å²) in [6.07, 6.45) is -0.118. The summed E-state index contributed by atoms with van der Waals surface area (Å²) < 4.78 is 0. The molecule has 1 saturated heterocycles. The highest BCUT2D eigenvalue weighted by molar-refractivity contribution is 7.14. The van der Waals surface area contributed by atoms with Crippen LogP contribution in [0.15, 0.2) is 11.4 Å². The molecule has 1 fully saturated rings. The van der Waals surface area contributed by atoms with E-state index < -0.39 is 18.1 Å². The lowest BCUT2D eigenvalue weighted by molar-refractivity contribution is -0.117. The second-order valence-corrected chi connectivity index (χ2v) is 4.78. The Morgan fingerprint density at radius 3 is 2.94 bits per heavy atom. The third kappa shape index (κ3) is 2.63. The molecular weight excluding hydrogens is 242 g/mol. The monoisotopic (exact) mass is 255 g/mol. The quantitative estimate of drug-likeness (QED) is 0.585. The number of aliphatic hydroxyl groups excluding tert-OH is 1. The third-order valence-electron chi connectivity index (χ3n) is 2.59. The van der Waals surface area contributed by atoms with Crippen LogP contribution < -0.4 is 16.4 Å². The van der Waals surface area contributed by atoms with Crippen molar-refractivity contribution >= 4 is 28.2 Å². The molecule has 7 heteroatoms. The smallest absolute Gasteiger partial charge is 0.251 e. The number of amides is 2. The van der Waals surface area contributed by atoms with Crippen molar-refractivity contribution in [3.05, 3.63) is 17.0 Å². The molecule has 0 saturated carbocycles. The SMILES string of the molecule is NC(=O)c1ccsc1NC(=O)C1CC(O)CN1. The largest absolute Gasteiger partial charge is 0.392 e. The molecule has 17 heavy (non-hydrogen) atoms. The van der Waals surface area contributed by atoms with E-state index in [0.717, 1.165) is 0 Å². The fourth-order valence-electron chi connectivity index (χ4n) is 1.72. The Labute approximate surface area is 102 Å². The Balaban J connectivity index is 2.03. The van der Waals surface area contributed by atoms with E-state index in [0.29, 0.717) is 23.5 Å². The van der Waals surface area contributed by atoms with Crippen LogP contribution in [0.1, 0.15) is 16.8 Å². The topological polar surface area (TPSA) is 104 Å². The Hall–Kier alpha value is -1.44. The lowest BCUT2D eigenvalue weighted by atomic mass is 10.2. The van der Waals surface area contributed by atoms with Gasteiger partial charge in [0.2, 0.25) is 5.91 Å². The number of nitrogens with two attached hydrogens (primary N) is 1. The fraction of sp³-hybridized carbons (Fsp3) is 0.400. The number of hydrogen-bond donors (Lipinski definition) is 4. The minimum absolute atomic E-state index is 0.258. The lowest BCUT2D eigenvalue weighted by Crippen LogP contribution is -2.35. The third-order valence-corrected chi connectivity index (χ3v) is 3.42. The minimum Gasteiger partial charge on any atom is -0.392 e. The molecule has 6 nitrogen and oxygen atoms in total. The highest BCUT2D eigenvalue weighted by Gasteiger charge is 2.28. The van der Waals surface area contributed by atoms with Crippen LogP contribution in [0.3, 0.4) is 0 Å². The first-order chi connectivity index (χ1) is 8.08. The summed E-state index contributed by atoms with van der Waals surface area (Å²) in [7, 11) is 0. The van der Waals surface area contributed by atoms with Gasteiger partial charge in [0.15, 0.2) is 0 Å². The zero-order valence-corrected chi connectivity index (χ0v) is 9.79. The van der Waals surface area contributed by atoms with E-state index in [1.54, 1.807) is 11.4 Å². The normalized spacial score (nSPS) is 23.6. The Kier molecular flexibility index (Phi) is 3.41. The number of aliphatic hydroxyl groups is 1. The maximum Gasteiger partial charge on any atom is 0.251 e. The van der Waals surface area contributed by atoms with Crippen LogP contribution in [-0.4, -0.2) is 35.6 Å². The molecule has 2 atom stereocenters. The number of carbonyl (C=O) groups is 2. The van der Waals surface area contributed by atoms with E-state index in [9.17, 15) is 14.7 Å². The number of rotatable bonds is 3. The molecule has 0 bridgehead atoms. The molecule has 5 N–H and O–H groups in total. The van der Waals surface area contributed by atoms with Gasteiger partial charge in [0.05, 0.1) is 17.7 Å². The van der Waals surface area contributed by atoms with Gasteiger partial charge >= 0.3 is 0 Å². The van der Waals surface area contributed by atoms with Crippen molar-refractivity contribution < 1.29 is 14.7 Å². The van der Waals surface area contributed by atoms with Crippen molar-refractivity contribution in [1.82, 2.24) is 5.32 Å². The van der Waals surface area contributed by atoms with Crippen molar-refractivity contribution in [2.45, 2.75) is 18.6 Å².